The van der Waals surface area contributed by atoms with E-state index in [1.165, 1.54) is 4.21 Å². The number of rotatable bonds is 4. The van der Waals surface area contributed by atoms with E-state index in [1.54, 1.807) is 23.1 Å². The molecule has 1 unspecified atom stereocenters. The summed E-state index contributed by atoms with van der Waals surface area (Å²) in [5.74, 6) is -0.355. The second-order valence-electron chi connectivity index (χ2n) is 2.64. The maximum absolute atomic E-state index is 10.6. The molecule has 1 aromatic rings. The predicted molar refractivity (Wildman–Crippen MR) is 56.8 cm³/mol. The second kappa shape index (κ2) is 4.64. The van der Waals surface area contributed by atoms with Gasteiger partial charge in [-0.15, -0.1) is 23.1 Å². The second-order valence-corrected chi connectivity index (χ2v) is 4.86. The minimum absolute atomic E-state index is 0.217. The van der Waals surface area contributed by atoms with Crippen molar-refractivity contribution >= 4 is 29.0 Å². The highest BCUT2D eigenvalue weighted by atomic mass is 32.2. The van der Waals surface area contributed by atoms with Gasteiger partial charge in [0.05, 0.1) is 4.21 Å². The zero-order valence-corrected chi connectivity index (χ0v) is 8.95. The molecule has 0 aliphatic carbocycles. The number of thioether (sulfide) groups is 1. The number of carbonyl (C=O) groups is 1. The van der Waals surface area contributed by atoms with Gasteiger partial charge in [-0.25, -0.2) is 0 Å². The molecule has 0 fully saturated rings. The standard InChI is InChI=1S/C8H12N2OS2/c1-12-8-3-2-6(13-8)5(9)4-7(10)11/h2-3,5H,4,9H2,1H3,(H2,10,11). The average Bonchev–Trinajstić information content (AvgIpc) is 2.50. The van der Waals surface area contributed by atoms with Crippen molar-refractivity contribution < 1.29 is 4.79 Å². The molecule has 0 saturated heterocycles. The van der Waals surface area contributed by atoms with Crippen LogP contribution in [0.15, 0.2) is 16.3 Å². The molecular formula is C8H12N2OS2. The van der Waals surface area contributed by atoms with Crippen LogP contribution in [-0.4, -0.2) is 12.2 Å². The van der Waals surface area contributed by atoms with E-state index in [0.717, 1.165) is 4.88 Å². The lowest BCUT2D eigenvalue weighted by atomic mass is 10.2. The Morgan fingerprint density at radius 1 is 1.69 bits per heavy atom. The lowest BCUT2D eigenvalue weighted by Gasteiger charge is -2.05. The number of hydrogen-bond acceptors (Lipinski definition) is 4. The summed E-state index contributed by atoms with van der Waals surface area (Å²) in [7, 11) is 0. The van der Waals surface area contributed by atoms with Gasteiger partial charge in [-0.05, 0) is 18.4 Å². The van der Waals surface area contributed by atoms with Crippen molar-refractivity contribution in [1.29, 1.82) is 0 Å². The van der Waals surface area contributed by atoms with Crippen LogP contribution in [0.2, 0.25) is 0 Å². The van der Waals surface area contributed by atoms with Crippen molar-refractivity contribution in [3.05, 3.63) is 17.0 Å². The Labute approximate surface area is 85.5 Å². The molecule has 4 N–H and O–H groups in total. The van der Waals surface area contributed by atoms with Crippen molar-refractivity contribution in [2.75, 3.05) is 6.26 Å². The summed E-state index contributed by atoms with van der Waals surface area (Å²) >= 11 is 3.29. The van der Waals surface area contributed by atoms with Crippen molar-refractivity contribution in [3.63, 3.8) is 0 Å². The average molecular weight is 216 g/mol. The number of thiophene rings is 1. The summed E-state index contributed by atoms with van der Waals surface area (Å²) in [6.45, 7) is 0. The van der Waals surface area contributed by atoms with Crippen LogP contribution < -0.4 is 11.5 Å². The summed E-state index contributed by atoms with van der Waals surface area (Å²) in [4.78, 5) is 11.6. The molecule has 0 saturated carbocycles. The maximum Gasteiger partial charge on any atom is 0.219 e. The molecule has 0 radical (unpaired) electrons. The number of hydrogen-bond donors (Lipinski definition) is 2. The molecule has 0 aliphatic heterocycles. The Kier molecular flexibility index (Phi) is 3.77. The number of nitrogens with two attached hydrogens (primary N) is 2. The van der Waals surface area contributed by atoms with Crippen LogP contribution in [0.3, 0.4) is 0 Å². The zero-order valence-electron chi connectivity index (χ0n) is 7.32. The minimum atomic E-state index is -0.355. The number of carbonyl (C=O) groups excluding carboxylic acids is 1. The van der Waals surface area contributed by atoms with Crippen LogP contribution in [0.25, 0.3) is 0 Å². The number of primary amides is 1. The van der Waals surface area contributed by atoms with Crippen LogP contribution in [0.1, 0.15) is 17.3 Å². The fourth-order valence-corrected chi connectivity index (χ4v) is 2.53. The van der Waals surface area contributed by atoms with Crippen molar-refractivity contribution in [2.45, 2.75) is 16.7 Å². The van der Waals surface area contributed by atoms with Gasteiger partial charge < -0.3 is 11.5 Å². The summed E-state index contributed by atoms with van der Waals surface area (Å²) < 4.78 is 1.20. The van der Waals surface area contributed by atoms with Gasteiger partial charge in [-0.1, -0.05) is 0 Å². The summed E-state index contributed by atoms with van der Waals surface area (Å²) in [6, 6.07) is 3.71. The van der Waals surface area contributed by atoms with Gasteiger partial charge in [-0.2, -0.15) is 0 Å². The van der Waals surface area contributed by atoms with Crippen molar-refractivity contribution in [2.24, 2.45) is 11.5 Å². The van der Waals surface area contributed by atoms with Gasteiger partial charge in [0.25, 0.3) is 0 Å². The van der Waals surface area contributed by atoms with E-state index in [1.807, 2.05) is 18.4 Å². The van der Waals surface area contributed by atoms with Gasteiger partial charge in [0, 0.05) is 17.3 Å². The number of amides is 1. The van der Waals surface area contributed by atoms with Crippen LogP contribution in [0.5, 0.6) is 0 Å². The largest absolute Gasteiger partial charge is 0.370 e. The Bertz CT molecular complexity index is 298. The van der Waals surface area contributed by atoms with E-state index in [9.17, 15) is 4.79 Å². The molecule has 0 spiro atoms. The molecule has 3 nitrogen and oxygen atoms in total. The molecule has 5 heteroatoms. The SMILES string of the molecule is CSc1ccc(C(N)CC(N)=O)s1. The Balaban J connectivity index is 2.65. The van der Waals surface area contributed by atoms with E-state index in [-0.39, 0.29) is 18.4 Å². The van der Waals surface area contributed by atoms with Crippen LogP contribution in [0.4, 0.5) is 0 Å². The van der Waals surface area contributed by atoms with Crippen LogP contribution >= 0.6 is 23.1 Å². The molecule has 1 atom stereocenters. The first-order chi connectivity index (χ1) is 6.13. The fraction of sp³-hybridized carbons (Fsp3) is 0.375. The van der Waals surface area contributed by atoms with E-state index >= 15 is 0 Å². The first-order valence-corrected chi connectivity index (χ1v) is 5.85. The van der Waals surface area contributed by atoms with E-state index in [2.05, 4.69) is 0 Å². The molecule has 1 aromatic heterocycles. The fourth-order valence-electron chi connectivity index (χ4n) is 0.961. The third-order valence-electron chi connectivity index (χ3n) is 1.59. The maximum atomic E-state index is 10.6. The smallest absolute Gasteiger partial charge is 0.219 e. The van der Waals surface area contributed by atoms with Gasteiger partial charge in [0.15, 0.2) is 0 Å². The molecule has 1 rings (SSSR count). The van der Waals surface area contributed by atoms with Gasteiger partial charge in [0.1, 0.15) is 0 Å². The van der Waals surface area contributed by atoms with Gasteiger partial charge in [-0.3, -0.25) is 4.79 Å². The summed E-state index contributed by atoms with van der Waals surface area (Å²) in [6.07, 6.45) is 2.23. The molecule has 0 bridgehead atoms. The predicted octanol–water partition coefficient (Wildman–Crippen LogP) is 1.35. The van der Waals surface area contributed by atoms with E-state index in [0.29, 0.717) is 0 Å². The quantitative estimate of drug-likeness (QED) is 0.746. The van der Waals surface area contributed by atoms with Crippen LogP contribution in [0, 0.1) is 0 Å². The third-order valence-corrected chi connectivity index (χ3v) is 3.89. The Morgan fingerprint density at radius 2 is 2.38 bits per heavy atom. The highest BCUT2D eigenvalue weighted by Gasteiger charge is 2.11. The third kappa shape index (κ3) is 3.02. The van der Waals surface area contributed by atoms with Crippen molar-refractivity contribution in [3.8, 4) is 0 Å². The van der Waals surface area contributed by atoms with Crippen LogP contribution in [-0.2, 0) is 4.79 Å². The topological polar surface area (TPSA) is 69.1 Å². The normalized spacial score (nSPS) is 12.8. The summed E-state index contributed by atoms with van der Waals surface area (Å²) in [5, 5.41) is 0. The van der Waals surface area contributed by atoms with E-state index < -0.39 is 0 Å². The first kappa shape index (κ1) is 10.6. The molecule has 72 valence electrons. The summed E-state index contributed by atoms with van der Waals surface area (Å²) in [5.41, 5.74) is 10.8. The lowest BCUT2D eigenvalue weighted by Crippen LogP contribution is -2.19. The van der Waals surface area contributed by atoms with E-state index in [4.69, 9.17) is 11.5 Å². The zero-order chi connectivity index (χ0) is 9.84. The molecule has 1 amide bonds. The Morgan fingerprint density at radius 3 is 2.85 bits per heavy atom. The first-order valence-electron chi connectivity index (χ1n) is 3.81. The monoisotopic (exact) mass is 216 g/mol. The van der Waals surface area contributed by atoms with Gasteiger partial charge >= 0.3 is 0 Å². The lowest BCUT2D eigenvalue weighted by molar-refractivity contribution is -0.118. The molecular weight excluding hydrogens is 204 g/mol. The Hall–Kier alpha value is -0.520. The highest BCUT2D eigenvalue weighted by Crippen LogP contribution is 2.29. The van der Waals surface area contributed by atoms with Crippen molar-refractivity contribution in [1.82, 2.24) is 0 Å². The molecule has 0 aromatic carbocycles. The molecule has 13 heavy (non-hydrogen) atoms. The highest BCUT2D eigenvalue weighted by molar-refractivity contribution is 8.00. The molecule has 0 aliphatic rings. The van der Waals surface area contributed by atoms with Gasteiger partial charge in [0.2, 0.25) is 5.91 Å². The minimum Gasteiger partial charge on any atom is -0.370 e. The molecule has 1 heterocycles.